The smallest absolute Gasteiger partial charge is 0.263 e. The van der Waals surface area contributed by atoms with Gasteiger partial charge < -0.3 is 14.5 Å². The van der Waals surface area contributed by atoms with E-state index in [0.29, 0.717) is 37.0 Å². The fourth-order valence-electron chi connectivity index (χ4n) is 3.13. The number of benzene rings is 1. The molecule has 1 saturated carbocycles. The van der Waals surface area contributed by atoms with Gasteiger partial charge in [0.15, 0.2) is 6.10 Å². The van der Waals surface area contributed by atoms with E-state index in [1.807, 2.05) is 4.90 Å². The fraction of sp³-hybridized carbons (Fsp3) is 0.556. The zero-order valence-electron chi connectivity index (χ0n) is 14.2. The summed E-state index contributed by atoms with van der Waals surface area (Å²) in [5.74, 6) is 1.00. The Morgan fingerprint density at radius 3 is 2.40 bits per heavy atom. The summed E-state index contributed by atoms with van der Waals surface area (Å²) < 4.78 is 6.50. The first-order valence-electron chi connectivity index (χ1n) is 8.65. The van der Waals surface area contributed by atoms with Crippen LogP contribution in [0.5, 0.6) is 5.75 Å². The van der Waals surface area contributed by atoms with Gasteiger partial charge in [0.2, 0.25) is 5.91 Å². The molecule has 1 heterocycles. The van der Waals surface area contributed by atoms with Crippen LogP contribution in [0.1, 0.15) is 26.2 Å². The molecule has 136 valence electrons. The van der Waals surface area contributed by atoms with Gasteiger partial charge in [-0.3, -0.25) is 9.59 Å². The molecule has 1 unspecified atom stereocenters. The van der Waals surface area contributed by atoms with Crippen molar-refractivity contribution in [3.05, 3.63) is 27.7 Å². The molecule has 2 fully saturated rings. The van der Waals surface area contributed by atoms with E-state index in [1.165, 1.54) is 0 Å². The highest BCUT2D eigenvalue weighted by Gasteiger charge is 2.33. The summed E-state index contributed by atoms with van der Waals surface area (Å²) in [4.78, 5) is 28.6. The summed E-state index contributed by atoms with van der Waals surface area (Å²) in [5.41, 5.74) is 0. The Bertz CT molecular complexity index is 658. The van der Waals surface area contributed by atoms with Crippen LogP contribution >= 0.6 is 27.5 Å². The summed E-state index contributed by atoms with van der Waals surface area (Å²) >= 11 is 9.31. The van der Waals surface area contributed by atoms with Crippen molar-refractivity contribution in [3.63, 3.8) is 0 Å². The Hall–Kier alpha value is -1.27. The Labute approximate surface area is 161 Å². The molecular weight excluding hydrogens is 408 g/mol. The number of halogens is 2. The Balaban J connectivity index is 1.52. The third-order valence-electron chi connectivity index (χ3n) is 4.90. The van der Waals surface area contributed by atoms with Crippen molar-refractivity contribution >= 4 is 39.3 Å². The molecule has 0 radical (unpaired) electrons. The molecule has 1 saturated heterocycles. The minimum absolute atomic E-state index is 0.0578. The highest BCUT2D eigenvalue weighted by atomic mass is 79.9. The molecule has 1 aromatic carbocycles. The van der Waals surface area contributed by atoms with E-state index in [9.17, 15) is 9.59 Å². The van der Waals surface area contributed by atoms with Gasteiger partial charge in [0, 0.05) is 37.1 Å². The Morgan fingerprint density at radius 1 is 1.20 bits per heavy atom. The average Bonchev–Trinajstić information content (AvgIpc) is 2.55. The van der Waals surface area contributed by atoms with E-state index >= 15 is 0 Å². The number of hydrogen-bond donors (Lipinski definition) is 0. The van der Waals surface area contributed by atoms with E-state index in [0.717, 1.165) is 23.7 Å². The highest BCUT2D eigenvalue weighted by molar-refractivity contribution is 9.10. The average molecular weight is 430 g/mol. The molecule has 0 aromatic heterocycles. The summed E-state index contributed by atoms with van der Waals surface area (Å²) in [6, 6.07) is 5.20. The molecule has 1 aliphatic carbocycles. The van der Waals surface area contributed by atoms with Gasteiger partial charge in [-0.15, -0.1) is 0 Å². The molecule has 7 heteroatoms. The zero-order chi connectivity index (χ0) is 18.0. The first kappa shape index (κ1) is 18.5. The predicted octanol–water partition coefficient (Wildman–Crippen LogP) is 3.34. The second-order valence-corrected chi connectivity index (χ2v) is 7.90. The topological polar surface area (TPSA) is 49.9 Å². The van der Waals surface area contributed by atoms with E-state index < -0.39 is 6.10 Å². The lowest BCUT2D eigenvalue weighted by molar-refractivity contribution is -0.146. The van der Waals surface area contributed by atoms with Gasteiger partial charge in [-0.25, -0.2) is 0 Å². The normalized spacial score (nSPS) is 19.3. The molecule has 25 heavy (non-hydrogen) atoms. The summed E-state index contributed by atoms with van der Waals surface area (Å²) in [7, 11) is 0. The van der Waals surface area contributed by atoms with Crippen LogP contribution in [0.25, 0.3) is 0 Å². The predicted molar refractivity (Wildman–Crippen MR) is 99.7 cm³/mol. The number of ether oxygens (including phenoxy) is 1. The molecule has 3 rings (SSSR count). The molecule has 2 aliphatic rings. The van der Waals surface area contributed by atoms with E-state index in [4.69, 9.17) is 16.3 Å². The van der Waals surface area contributed by atoms with Crippen LogP contribution in [-0.2, 0) is 9.59 Å². The van der Waals surface area contributed by atoms with Gasteiger partial charge in [0.1, 0.15) is 5.75 Å². The molecule has 0 spiro atoms. The minimum Gasteiger partial charge on any atom is -0.480 e. The highest BCUT2D eigenvalue weighted by Crippen LogP contribution is 2.30. The number of carbonyl (C=O) groups is 2. The first-order valence-corrected chi connectivity index (χ1v) is 9.82. The van der Waals surface area contributed by atoms with Gasteiger partial charge in [-0.05, 0) is 53.9 Å². The summed E-state index contributed by atoms with van der Waals surface area (Å²) in [6.07, 6.45) is 2.59. The zero-order valence-corrected chi connectivity index (χ0v) is 16.6. The van der Waals surface area contributed by atoms with Gasteiger partial charge >= 0.3 is 0 Å². The van der Waals surface area contributed by atoms with Crippen molar-refractivity contribution in [2.24, 2.45) is 5.92 Å². The maximum absolute atomic E-state index is 12.6. The Kier molecular flexibility index (Phi) is 5.89. The van der Waals surface area contributed by atoms with Crippen molar-refractivity contribution in [1.82, 2.24) is 9.80 Å². The van der Waals surface area contributed by atoms with Crippen LogP contribution in [0.4, 0.5) is 0 Å². The first-order chi connectivity index (χ1) is 12.0. The maximum Gasteiger partial charge on any atom is 0.263 e. The third kappa shape index (κ3) is 4.29. The van der Waals surface area contributed by atoms with Crippen LogP contribution in [0.3, 0.4) is 0 Å². The SMILES string of the molecule is CC(Oc1ccc(Cl)cc1Br)C(=O)N1CCN(C(=O)C2CCC2)CC1. The van der Waals surface area contributed by atoms with Gasteiger partial charge in [-0.2, -0.15) is 0 Å². The maximum atomic E-state index is 12.6. The number of carbonyl (C=O) groups excluding carboxylic acids is 2. The monoisotopic (exact) mass is 428 g/mol. The second kappa shape index (κ2) is 7.96. The molecule has 1 aromatic rings. The summed E-state index contributed by atoms with van der Waals surface area (Å²) in [6.45, 7) is 4.09. The van der Waals surface area contributed by atoms with Crippen LogP contribution in [0.15, 0.2) is 22.7 Å². The van der Waals surface area contributed by atoms with Crippen molar-refractivity contribution in [2.75, 3.05) is 26.2 Å². The molecule has 5 nitrogen and oxygen atoms in total. The number of amides is 2. The minimum atomic E-state index is -0.591. The number of nitrogens with zero attached hydrogens (tertiary/aromatic N) is 2. The molecule has 0 bridgehead atoms. The summed E-state index contributed by atoms with van der Waals surface area (Å²) in [5, 5.41) is 0.602. The van der Waals surface area contributed by atoms with Gasteiger partial charge in [0.25, 0.3) is 5.91 Å². The molecular formula is C18H22BrClN2O3. The van der Waals surface area contributed by atoms with E-state index in [-0.39, 0.29) is 17.7 Å². The van der Waals surface area contributed by atoms with Gasteiger partial charge in [-0.1, -0.05) is 18.0 Å². The molecule has 2 amide bonds. The van der Waals surface area contributed by atoms with Crippen molar-refractivity contribution < 1.29 is 14.3 Å². The number of hydrogen-bond acceptors (Lipinski definition) is 3. The second-order valence-electron chi connectivity index (χ2n) is 6.61. The standard InChI is InChI=1S/C18H22BrClN2O3/c1-12(25-16-6-5-14(20)11-15(16)19)17(23)21-7-9-22(10-8-21)18(24)13-3-2-4-13/h5-6,11-13H,2-4,7-10H2,1H3. The quantitative estimate of drug-likeness (QED) is 0.737. The van der Waals surface area contributed by atoms with Crippen LogP contribution in [0.2, 0.25) is 5.02 Å². The lowest BCUT2D eigenvalue weighted by Gasteiger charge is -2.38. The van der Waals surface area contributed by atoms with Crippen LogP contribution in [0, 0.1) is 5.92 Å². The van der Waals surface area contributed by atoms with E-state index in [1.54, 1.807) is 30.0 Å². The molecule has 1 atom stereocenters. The number of piperazine rings is 1. The van der Waals surface area contributed by atoms with Gasteiger partial charge in [0.05, 0.1) is 4.47 Å². The van der Waals surface area contributed by atoms with Crippen LogP contribution < -0.4 is 4.74 Å². The van der Waals surface area contributed by atoms with Crippen molar-refractivity contribution in [2.45, 2.75) is 32.3 Å². The lowest BCUT2D eigenvalue weighted by atomic mass is 9.84. The fourth-order valence-corrected chi connectivity index (χ4v) is 3.91. The Morgan fingerprint density at radius 2 is 1.84 bits per heavy atom. The number of rotatable bonds is 4. The molecule has 1 aliphatic heterocycles. The largest absolute Gasteiger partial charge is 0.480 e. The lowest BCUT2D eigenvalue weighted by Crippen LogP contribution is -2.54. The molecule has 0 N–H and O–H groups in total. The van der Waals surface area contributed by atoms with Crippen molar-refractivity contribution in [3.8, 4) is 5.75 Å². The third-order valence-corrected chi connectivity index (χ3v) is 5.76. The van der Waals surface area contributed by atoms with Crippen molar-refractivity contribution in [1.29, 1.82) is 0 Å². The van der Waals surface area contributed by atoms with Crippen LogP contribution in [-0.4, -0.2) is 53.9 Å². The van der Waals surface area contributed by atoms with E-state index in [2.05, 4.69) is 15.9 Å².